The fourth-order valence-electron chi connectivity index (χ4n) is 4.94. The number of hydrogen-bond acceptors (Lipinski definition) is 7. The third-order valence-electron chi connectivity index (χ3n) is 6.51. The predicted octanol–water partition coefficient (Wildman–Crippen LogP) is 4.17. The van der Waals surface area contributed by atoms with E-state index in [-0.39, 0.29) is 27.5 Å². The van der Waals surface area contributed by atoms with Crippen molar-refractivity contribution in [1.29, 1.82) is 15.8 Å². The third kappa shape index (κ3) is 3.68. The van der Waals surface area contributed by atoms with E-state index in [1.807, 2.05) is 48.5 Å². The summed E-state index contributed by atoms with van der Waals surface area (Å²) in [6.45, 7) is 1.57. The number of fused-ring (bicyclic) bond motifs is 1. The zero-order valence-corrected chi connectivity index (χ0v) is 18.7. The summed E-state index contributed by atoms with van der Waals surface area (Å²) in [6.07, 6.45) is 1.89. The summed E-state index contributed by atoms with van der Waals surface area (Å²) in [5.41, 5.74) is 6.17. The molecule has 9 heteroatoms. The zero-order chi connectivity index (χ0) is 24.5. The number of halogens is 1. The van der Waals surface area contributed by atoms with Crippen LogP contribution in [0.4, 0.5) is 5.69 Å². The van der Waals surface area contributed by atoms with Crippen LogP contribution in [0.5, 0.6) is 0 Å². The molecule has 1 aliphatic heterocycles. The maximum atomic E-state index is 11.5. The Labute approximate surface area is 201 Å². The fourth-order valence-corrected chi connectivity index (χ4v) is 5.17. The first-order valence-corrected chi connectivity index (χ1v) is 10.9. The van der Waals surface area contributed by atoms with Gasteiger partial charge in [-0.05, 0) is 22.8 Å². The molecular formula is C25H19ClN6O2. The van der Waals surface area contributed by atoms with Crippen molar-refractivity contribution in [3.05, 3.63) is 97.7 Å². The summed E-state index contributed by atoms with van der Waals surface area (Å²) in [7, 11) is 0. The molecule has 0 radical (unpaired) electrons. The van der Waals surface area contributed by atoms with Crippen molar-refractivity contribution in [3.8, 4) is 18.2 Å². The number of nitrogens with two attached hydrogens (primary N) is 1. The summed E-state index contributed by atoms with van der Waals surface area (Å²) in [5.74, 6) is -1.41. The normalized spacial score (nSPS) is 21.4. The molecule has 8 nitrogen and oxygen atoms in total. The third-order valence-corrected chi connectivity index (χ3v) is 6.86. The summed E-state index contributed by atoms with van der Waals surface area (Å²) < 4.78 is 0. The molecule has 0 saturated heterocycles. The van der Waals surface area contributed by atoms with E-state index >= 15 is 0 Å². The molecule has 34 heavy (non-hydrogen) atoms. The number of allylic oxidation sites excluding steroid dienone is 2. The molecule has 168 valence electrons. The Kier molecular flexibility index (Phi) is 6.09. The first-order chi connectivity index (χ1) is 16.4. The van der Waals surface area contributed by atoms with Crippen LogP contribution in [0.25, 0.3) is 0 Å². The van der Waals surface area contributed by atoms with Crippen molar-refractivity contribution >= 4 is 17.3 Å². The molecular weight excluding hydrogens is 452 g/mol. The standard InChI is InChI=1S/C25H19ClN6O2/c26-22-7-6-17(32(33)34)10-19(22)23-21-13-31(12-16-4-2-1-3-5-16)9-8-18(21)20(11-27)24(30)25(23,14-28)15-29/h1-8,10,21,23H,9,12-13,30H2/t21-,23+/m0/s1. The number of nitro groups is 1. The molecule has 0 aromatic heterocycles. The van der Waals surface area contributed by atoms with Crippen LogP contribution in [0.1, 0.15) is 17.0 Å². The lowest BCUT2D eigenvalue weighted by molar-refractivity contribution is -0.384. The van der Waals surface area contributed by atoms with Crippen LogP contribution in [-0.2, 0) is 6.54 Å². The second-order valence-corrected chi connectivity index (χ2v) is 8.73. The minimum atomic E-state index is -1.91. The van der Waals surface area contributed by atoms with Crippen molar-refractivity contribution in [2.45, 2.75) is 12.5 Å². The van der Waals surface area contributed by atoms with Gasteiger partial charge in [-0.2, -0.15) is 15.8 Å². The van der Waals surface area contributed by atoms with Gasteiger partial charge in [0.25, 0.3) is 5.69 Å². The second kappa shape index (κ2) is 9.00. The van der Waals surface area contributed by atoms with Crippen LogP contribution >= 0.6 is 11.6 Å². The Bertz CT molecular complexity index is 1330. The first kappa shape index (κ1) is 23.0. The SMILES string of the molecule is N#CC1=C(N)C(C#N)(C#N)[C@H](c2cc([N+](=O)[O-])ccc2Cl)[C@H]2CN(Cc3ccccc3)CC=C12. The molecule has 2 aromatic rings. The highest BCUT2D eigenvalue weighted by Crippen LogP contribution is 2.55. The molecule has 4 rings (SSSR count). The smallest absolute Gasteiger partial charge is 0.269 e. The van der Waals surface area contributed by atoms with E-state index in [1.54, 1.807) is 0 Å². The maximum Gasteiger partial charge on any atom is 0.269 e. The Hall–Kier alpha value is -4.16. The quantitative estimate of drug-likeness (QED) is 0.521. The lowest BCUT2D eigenvalue weighted by atomic mass is 9.58. The molecule has 0 bridgehead atoms. The van der Waals surface area contributed by atoms with Gasteiger partial charge in [0.1, 0.15) is 6.07 Å². The molecule has 0 spiro atoms. The molecule has 1 aliphatic carbocycles. The highest BCUT2D eigenvalue weighted by molar-refractivity contribution is 6.31. The Balaban J connectivity index is 1.91. The minimum Gasteiger partial charge on any atom is -0.399 e. The molecule has 2 aliphatic rings. The van der Waals surface area contributed by atoms with Crippen molar-refractivity contribution in [2.75, 3.05) is 13.1 Å². The van der Waals surface area contributed by atoms with Crippen molar-refractivity contribution in [3.63, 3.8) is 0 Å². The largest absolute Gasteiger partial charge is 0.399 e. The van der Waals surface area contributed by atoms with Crippen molar-refractivity contribution < 1.29 is 4.92 Å². The van der Waals surface area contributed by atoms with E-state index in [2.05, 4.69) is 11.0 Å². The zero-order valence-electron chi connectivity index (χ0n) is 18.0. The first-order valence-electron chi connectivity index (χ1n) is 10.5. The molecule has 0 amide bonds. The van der Waals surface area contributed by atoms with Gasteiger partial charge in [-0.15, -0.1) is 0 Å². The number of nitriles is 3. The van der Waals surface area contributed by atoms with Crippen LogP contribution < -0.4 is 5.73 Å². The number of non-ortho nitro benzene ring substituents is 1. The van der Waals surface area contributed by atoms with Crippen LogP contribution in [-0.4, -0.2) is 22.9 Å². The van der Waals surface area contributed by atoms with Crippen molar-refractivity contribution in [1.82, 2.24) is 4.90 Å². The van der Waals surface area contributed by atoms with Gasteiger partial charge in [0.15, 0.2) is 5.41 Å². The number of rotatable bonds is 4. The number of nitro benzene ring substituents is 1. The highest BCUT2D eigenvalue weighted by atomic mass is 35.5. The van der Waals surface area contributed by atoms with Crippen molar-refractivity contribution in [2.24, 2.45) is 17.1 Å². The Morgan fingerprint density at radius 2 is 1.88 bits per heavy atom. The molecule has 0 unspecified atom stereocenters. The molecule has 2 atom stereocenters. The number of nitrogens with zero attached hydrogens (tertiary/aromatic N) is 5. The average molecular weight is 471 g/mol. The molecule has 1 heterocycles. The van der Waals surface area contributed by atoms with Crippen LogP contribution in [0.2, 0.25) is 5.02 Å². The molecule has 2 aromatic carbocycles. The van der Waals surface area contributed by atoms with Gasteiger partial charge < -0.3 is 5.73 Å². The summed E-state index contributed by atoms with van der Waals surface area (Å²) >= 11 is 6.49. The van der Waals surface area contributed by atoms with Gasteiger partial charge >= 0.3 is 0 Å². The lowest BCUT2D eigenvalue weighted by Crippen LogP contribution is -2.48. The monoisotopic (exact) mass is 470 g/mol. The van der Waals surface area contributed by atoms with Crippen LogP contribution in [0.15, 0.2) is 71.5 Å². The van der Waals surface area contributed by atoms with E-state index in [0.29, 0.717) is 25.2 Å². The minimum absolute atomic E-state index is 0.116. The van der Waals surface area contributed by atoms with E-state index in [1.165, 1.54) is 18.2 Å². The van der Waals surface area contributed by atoms with E-state index in [4.69, 9.17) is 17.3 Å². The van der Waals surface area contributed by atoms with Crippen LogP contribution in [0, 0.1) is 55.4 Å². The van der Waals surface area contributed by atoms with Gasteiger partial charge in [-0.25, -0.2) is 0 Å². The molecule has 2 N–H and O–H groups in total. The van der Waals surface area contributed by atoms with Gasteiger partial charge in [-0.1, -0.05) is 48.0 Å². The summed E-state index contributed by atoms with van der Waals surface area (Å²) in [6, 6.07) is 19.9. The van der Waals surface area contributed by atoms with Gasteiger partial charge in [0.05, 0.1) is 28.3 Å². The van der Waals surface area contributed by atoms with E-state index < -0.39 is 22.2 Å². The number of benzene rings is 2. The van der Waals surface area contributed by atoms with Gasteiger partial charge in [0.2, 0.25) is 0 Å². The fraction of sp³-hybridized carbons (Fsp3) is 0.240. The van der Waals surface area contributed by atoms with E-state index in [0.717, 1.165) is 5.56 Å². The number of hydrogen-bond donors (Lipinski definition) is 1. The second-order valence-electron chi connectivity index (χ2n) is 8.32. The summed E-state index contributed by atoms with van der Waals surface area (Å²) in [5, 5.41) is 42.0. The van der Waals surface area contributed by atoms with Gasteiger partial charge in [-0.3, -0.25) is 15.0 Å². The molecule has 0 saturated carbocycles. The highest BCUT2D eigenvalue weighted by Gasteiger charge is 2.55. The average Bonchev–Trinajstić information content (AvgIpc) is 2.84. The van der Waals surface area contributed by atoms with Gasteiger partial charge in [0, 0.05) is 48.6 Å². The topological polar surface area (TPSA) is 144 Å². The lowest BCUT2D eigenvalue weighted by Gasteiger charge is -2.45. The summed E-state index contributed by atoms with van der Waals surface area (Å²) in [4.78, 5) is 13.1. The predicted molar refractivity (Wildman–Crippen MR) is 125 cm³/mol. The Morgan fingerprint density at radius 3 is 2.50 bits per heavy atom. The Morgan fingerprint density at radius 1 is 1.18 bits per heavy atom. The molecule has 0 fully saturated rings. The van der Waals surface area contributed by atoms with Crippen LogP contribution in [0.3, 0.4) is 0 Å². The van der Waals surface area contributed by atoms with E-state index in [9.17, 15) is 25.9 Å². The maximum absolute atomic E-state index is 11.5.